The Morgan fingerprint density at radius 2 is 1.81 bits per heavy atom. The number of carbonyl (C=O) groups is 2. The van der Waals surface area contributed by atoms with Gasteiger partial charge in [0, 0.05) is 19.5 Å². The van der Waals surface area contributed by atoms with E-state index in [9.17, 15) is 14.7 Å². The molecule has 1 N–H and O–H groups in total. The standard InChI is InChI=1S/C20H31N3O3/c1-14-17(19(25)26)13-21-23(14)16-6-10-22(11-7-16)18(24)12-15-4-8-20(2,3)9-5-15/h13,15-16H,4-12H2,1-3H3,(H,25,26). The van der Waals surface area contributed by atoms with Crippen LogP contribution in [0.15, 0.2) is 6.20 Å². The molecule has 6 heteroatoms. The first-order chi connectivity index (χ1) is 12.3. The van der Waals surface area contributed by atoms with E-state index in [1.807, 2.05) is 9.58 Å². The number of hydrogen-bond acceptors (Lipinski definition) is 3. The van der Waals surface area contributed by atoms with E-state index in [-0.39, 0.29) is 17.5 Å². The van der Waals surface area contributed by atoms with Crippen LogP contribution >= 0.6 is 0 Å². The first kappa shape index (κ1) is 18.9. The van der Waals surface area contributed by atoms with Gasteiger partial charge in [-0.3, -0.25) is 9.48 Å². The third-order valence-corrected chi connectivity index (χ3v) is 6.36. The van der Waals surface area contributed by atoms with Crippen molar-refractivity contribution >= 4 is 11.9 Å². The normalized spacial score (nSPS) is 21.7. The van der Waals surface area contributed by atoms with E-state index in [0.717, 1.165) is 25.9 Å². The van der Waals surface area contributed by atoms with Crippen molar-refractivity contribution in [2.45, 2.75) is 71.8 Å². The molecule has 2 aliphatic rings. The van der Waals surface area contributed by atoms with Crippen molar-refractivity contribution in [2.75, 3.05) is 13.1 Å². The molecule has 0 unspecified atom stereocenters. The summed E-state index contributed by atoms with van der Waals surface area (Å²) in [6.07, 6.45) is 8.56. The molecule has 0 aromatic carbocycles. The van der Waals surface area contributed by atoms with E-state index in [2.05, 4.69) is 18.9 Å². The lowest BCUT2D eigenvalue weighted by molar-refractivity contribution is -0.134. The highest BCUT2D eigenvalue weighted by molar-refractivity contribution is 5.88. The summed E-state index contributed by atoms with van der Waals surface area (Å²) in [5.41, 5.74) is 1.41. The summed E-state index contributed by atoms with van der Waals surface area (Å²) in [7, 11) is 0. The number of rotatable bonds is 4. The van der Waals surface area contributed by atoms with E-state index in [1.165, 1.54) is 31.9 Å². The molecule has 26 heavy (non-hydrogen) atoms. The lowest BCUT2D eigenvalue weighted by atomic mass is 9.72. The Morgan fingerprint density at radius 1 is 1.19 bits per heavy atom. The van der Waals surface area contributed by atoms with Crippen LogP contribution in [0.25, 0.3) is 0 Å². The van der Waals surface area contributed by atoms with Gasteiger partial charge in [-0.25, -0.2) is 4.79 Å². The Hall–Kier alpha value is -1.85. The molecule has 1 amide bonds. The largest absolute Gasteiger partial charge is 0.478 e. The molecule has 0 bridgehead atoms. The quantitative estimate of drug-likeness (QED) is 0.888. The van der Waals surface area contributed by atoms with E-state index in [0.29, 0.717) is 23.4 Å². The number of carboxylic acid groups (broad SMARTS) is 1. The van der Waals surface area contributed by atoms with Crippen molar-refractivity contribution in [3.05, 3.63) is 17.5 Å². The van der Waals surface area contributed by atoms with Gasteiger partial charge in [-0.05, 0) is 56.8 Å². The van der Waals surface area contributed by atoms with Gasteiger partial charge in [0.1, 0.15) is 5.56 Å². The third kappa shape index (κ3) is 4.10. The number of hydrogen-bond donors (Lipinski definition) is 1. The molecule has 144 valence electrons. The van der Waals surface area contributed by atoms with Crippen molar-refractivity contribution < 1.29 is 14.7 Å². The van der Waals surface area contributed by atoms with Crippen LogP contribution < -0.4 is 0 Å². The van der Waals surface area contributed by atoms with Gasteiger partial charge in [0.05, 0.1) is 17.9 Å². The minimum absolute atomic E-state index is 0.183. The van der Waals surface area contributed by atoms with Crippen LogP contribution in [0.2, 0.25) is 0 Å². The maximum Gasteiger partial charge on any atom is 0.339 e. The molecule has 6 nitrogen and oxygen atoms in total. The van der Waals surface area contributed by atoms with Gasteiger partial charge in [-0.1, -0.05) is 13.8 Å². The number of amides is 1. The summed E-state index contributed by atoms with van der Waals surface area (Å²) in [6, 6.07) is 0.183. The zero-order valence-corrected chi connectivity index (χ0v) is 16.2. The summed E-state index contributed by atoms with van der Waals surface area (Å²) >= 11 is 0. The molecular formula is C20H31N3O3. The lowest BCUT2D eigenvalue weighted by Gasteiger charge is -2.36. The maximum absolute atomic E-state index is 12.7. The molecule has 1 aliphatic heterocycles. The van der Waals surface area contributed by atoms with Crippen LogP contribution in [0.1, 0.15) is 80.9 Å². The number of aromatic carboxylic acids is 1. The third-order valence-electron chi connectivity index (χ3n) is 6.36. The van der Waals surface area contributed by atoms with E-state index in [4.69, 9.17) is 0 Å². The van der Waals surface area contributed by atoms with Gasteiger partial charge in [0.25, 0.3) is 0 Å². The zero-order valence-electron chi connectivity index (χ0n) is 16.2. The highest BCUT2D eigenvalue weighted by atomic mass is 16.4. The highest BCUT2D eigenvalue weighted by Gasteiger charge is 2.31. The molecular weight excluding hydrogens is 330 g/mol. The Morgan fingerprint density at radius 3 is 2.35 bits per heavy atom. The van der Waals surface area contributed by atoms with Crippen molar-refractivity contribution in [3.63, 3.8) is 0 Å². The fourth-order valence-corrected chi connectivity index (χ4v) is 4.40. The molecule has 1 aromatic rings. The highest BCUT2D eigenvalue weighted by Crippen LogP contribution is 2.39. The molecule has 0 spiro atoms. The van der Waals surface area contributed by atoms with Crippen molar-refractivity contribution in [3.8, 4) is 0 Å². The van der Waals surface area contributed by atoms with Crippen molar-refractivity contribution in [2.24, 2.45) is 11.3 Å². The predicted octanol–water partition coefficient (Wildman–Crippen LogP) is 3.66. The lowest BCUT2D eigenvalue weighted by Crippen LogP contribution is -2.40. The van der Waals surface area contributed by atoms with Gasteiger partial charge >= 0.3 is 5.97 Å². The summed E-state index contributed by atoms with van der Waals surface area (Å²) in [6.45, 7) is 7.93. The van der Waals surface area contributed by atoms with E-state index >= 15 is 0 Å². The molecule has 1 saturated carbocycles. The van der Waals surface area contributed by atoms with Crippen LogP contribution in [0, 0.1) is 18.3 Å². The minimum atomic E-state index is -0.933. The SMILES string of the molecule is Cc1c(C(=O)O)cnn1C1CCN(C(=O)CC2CCC(C)(C)CC2)CC1. The number of nitrogens with zero attached hydrogens (tertiary/aromatic N) is 3. The van der Waals surface area contributed by atoms with Crippen LogP contribution in [0.3, 0.4) is 0 Å². The monoisotopic (exact) mass is 361 g/mol. The molecule has 3 rings (SSSR count). The second-order valence-electron chi connectivity index (χ2n) is 8.82. The average Bonchev–Trinajstić information content (AvgIpc) is 2.98. The molecule has 1 aromatic heterocycles. The number of likely N-dealkylation sites (tertiary alicyclic amines) is 1. The van der Waals surface area contributed by atoms with Gasteiger partial charge in [-0.15, -0.1) is 0 Å². The smallest absolute Gasteiger partial charge is 0.339 e. The number of piperidine rings is 1. The van der Waals surface area contributed by atoms with Crippen LogP contribution in [-0.2, 0) is 4.79 Å². The number of carbonyl (C=O) groups excluding carboxylic acids is 1. The zero-order chi connectivity index (χ0) is 18.9. The molecule has 1 saturated heterocycles. The van der Waals surface area contributed by atoms with E-state index in [1.54, 1.807) is 6.92 Å². The molecule has 0 radical (unpaired) electrons. The second kappa shape index (κ2) is 7.41. The van der Waals surface area contributed by atoms with Gasteiger partial charge < -0.3 is 10.0 Å². The van der Waals surface area contributed by atoms with Crippen LogP contribution in [0.4, 0.5) is 0 Å². The molecule has 0 atom stereocenters. The Labute approximate surface area is 155 Å². The van der Waals surface area contributed by atoms with Gasteiger partial charge in [-0.2, -0.15) is 5.10 Å². The number of carboxylic acids is 1. The van der Waals surface area contributed by atoms with Crippen LogP contribution in [-0.4, -0.2) is 44.8 Å². The summed E-state index contributed by atoms with van der Waals surface area (Å²) < 4.78 is 1.83. The second-order valence-corrected chi connectivity index (χ2v) is 8.82. The molecule has 2 heterocycles. The van der Waals surface area contributed by atoms with Crippen LogP contribution in [0.5, 0.6) is 0 Å². The van der Waals surface area contributed by atoms with Crippen molar-refractivity contribution in [1.29, 1.82) is 0 Å². The summed E-state index contributed by atoms with van der Waals surface area (Å²) in [4.78, 5) is 25.8. The summed E-state index contributed by atoms with van der Waals surface area (Å²) in [5, 5.41) is 13.4. The Kier molecular flexibility index (Phi) is 5.39. The van der Waals surface area contributed by atoms with Gasteiger partial charge in [0.15, 0.2) is 0 Å². The first-order valence-corrected chi connectivity index (χ1v) is 9.82. The Bertz CT molecular complexity index is 662. The van der Waals surface area contributed by atoms with Crippen molar-refractivity contribution in [1.82, 2.24) is 14.7 Å². The molecule has 2 fully saturated rings. The topological polar surface area (TPSA) is 75.4 Å². The molecule has 1 aliphatic carbocycles. The van der Waals surface area contributed by atoms with Gasteiger partial charge in [0.2, 0.25) is 5.91 Å². The first-order valence-electron chi connectivity index (χ1n) is 9.82. The number of aromatic nitrogens is 2. The van der Waals surface area contributed by atoms with E-state index < -0.39 is 5.97 Å². The average molecular weight is 361 g/mol. The maximum atomic E-state index is 12.7. The Balaban J connectivity index is 1.50. The fourth-order valence-electron chi connectivity index (χ4n) is 4.40. The predicted molar refractivity (Wildman–Crippen MR) is 99.1 cm³/mol. The minimum Gasteiger partial charge on any atom is -0.478 e. The summed E-state index contributed by atoms with van der Waals surface area (Å²) in [5.74, 6) is -0.103. The fraction of sp³-hybridized carbons (Fsp3) is 0.750.